The summed E-state index contributed by atoms with van der Waals surface area (Å²) in [6.45, 7) is 0. The summed E-state index contributed by atoms with van der Waals surface area (Å²) in [7, 11) is -3.69. The minimum atomic E-state index is -3.69. The van der Waals surface area contributed by atoms with Crippen LogP contribution in [0.25, 0.3) is 0 Å². The molecule has 0 unspecified atom stereocenters. The van der Waals surface area contributed by atoms with E-state index in [1.165, 1.54) is 0 Å². The van der Waals surface area contributed by atoms with Crippen LogP contribution in [0.1, 0.15) is 20.7 Å². The van der Waals surface area contributed by atoms with Crippen LogP contribution in [0.5, 0.6) is 0 Å². The zero-order valence-electron chi connectivity index (χ0n) is 13.6. The van der Waals surface area contributed by atoms with Crippen LogP contribution in [0, 0.1) is 0 Å². The molecule has 128 valence electrons. The summed E-state index contributed by atoms with van der Waals surface area (Å²) in [5.74, 6) is -1.23. The van der Waals surface area contributed by atoms with E-state index < -0.39 is 19.2 Å². The highest BCUT2D eigenvalue weighted by atomic mass is 31.2. The normalized spacial score (nSPS) is 13.8. The van der Waals surface area contributed by atoms with Crippen molar-refractivity contribution in [2.45, 2.75) is 0 Å². The van der Waals surface area contributed by atoms with Gasteiger partial charge in [0.15, 0.2) is 0 Å². The van der Waals surface area contributed by atoms with Crippen LogP contribution in [0.4, 0.5) is 0 Å². The van der Waals surface area contributed by atoms with Crippen molar-refractivity contribution in [3.05, 3.63) is 96.1 Å². The third kappa shape index (κ3) is 2.58. The summed E-state index contributed by atoms with van der Waals surface area (Å²) in [5.41, 5.74) is 0.482. The van der Waals surface area contributed by atoms with Crippen molar-refractivity contribution in [3.63, 3.8) is 0 Å². The third-order valence-electron chi connectivity index (χ3n) is 4.15. The number of hydrogen-bond acceptors (Lipinski definition) is 4. The van der Waals surface area contributed by atoms with Gasteiger partial charge in [-0.15, -0.1) is 5.06 Å². The smallest absolute Gasteiger partial charge is 0.280 e. The predicted octanol–water partition coefficient (Wildman–Crippen LogP) is 3.14. The molecule has 2 amide bonds. The Labute approximate surface area is 150 Å². The van der Waals surface area contributed by atoms with E-state index in [1.54, 1.807) is 84.9 Å². The Morgan fingerprint density at radius 3 is 1.42 bits per heavy atom. The van der Waals surface area contributed by atoms with E-state index in [0.29, 0.717) is 15.7 Å². The van der Waals surface area contributed by atoms with Crippen LogP contribution in [0.2, 0.25) is 0 Å². The zero-order valence-corrected chi connectivity index (χ0v) is 14.5. The molecule has 26 heavy (non-hydrogen) atoms. The summed E-state index contributed by atoms with van der Waals surface area (Å²) >= 11 is 0. The number of hydroxylamine groups is 2. The van der Waals surface area contributed by atoms with Gasteiger partial charge >= 0.3 is 0 Å². The topological polar surface area (TPSA) is 63.7 Å². The molecule has 1 heterocycles. The summed E-state index contributed by atoms with van der Waals surface area (Å²) < 4.78 is 19.5. The fraction of sp³-hybridized carbons (Fsp3) is 0. The highest BCUT2D eigenvalue weighted by Gasteiger charge is 2.42. The van der Waals surface area contributed by atoms with E-state index in [4.69, 9.17) is 4.62 Å². The van der Waals surface area contributed by atoms with E-state index in [9.17, 15) is 14.2 Å². The standard InChI is InChI=1S/C20H14NO4P/c22-19-17-13-7-8-14-18(17)20(23)21(19)25-26(24,15-9-3-1-4-10-15)16-11-5-2-6-12-16/h1-14H. The lowest BCUT2D eigenvalue weighted by molar-refractivity contribution is -0.0103. The molecule has 5 nitrogen and oxygen atoms in total. The Kier molecular flexibility index (Phi) is 4.03. The molecule has 0 spiro atoms. The highest BCUT2D eigenvalue weighted by Crippen LogP contribution is 2.47. The largest absolute Gasteiger partial charge is 0.286 e. The minimum absolute atomic E-state index is 0.241. The van der Waals surface area contributed by atoms with Crippen LogP contribution in [0.15, 0.2) is 84.9 Å². The number of rotatable bonds is 4. The molecule has 0 aliphatic carbocycles. The molecule has 4 rings (SSSR count). The fourth-order valence-electron chi connectivity index (χ4n) is 2.85. The molecule has 0 saturated carbocycles. The molecule has 0 bridgehead atoms. The van der Waals surface area contributed by atoms with Crippen molar-refractivity contribution in [3.8, 4) is 0 Å². The van der Waals surface area contributed by atoms with E-state index in [0.717, 1.165) is 0 Å². The van der Waals surface area contributed by atoms with E-state index in [2.05, 4.69) is 0 Å². The molecule has 0 fully saturated rings. The predicted molar refractivity (Wildman–Crippen MR) is 97.8 cm³/mol. The number of carbonyl (C=O) groups is 2. The van der Waals surface area contributed by atoms with Crippen molar-refractivity contribution in [2.75, 3.05) is 0 Å². The summed E-state index contributed by atoms with van der Waals surface area (Å²) in [5, 5.41) is 1.43. The summed E-state index contributed by atoms with van der Waals surface area (Å²) in [6, 6.07) is 23.6. The Bertz CT molecular complexity index is 955. The lowest BCUT2D eigenvalue weighted by Gasteiger charge is -2.23. The van der Waals surface area contributed by atoms with Gasteiger partial charge in [0, 0.05) is 10.6 Å². The lowest BCUT2D eigenvalue weighted by atomic mass is 10.1. The van der Waals surface area contributed by atoms with Gasteiger partial charge in [0.2, 0.25) is 0 Å². The number of nitrogens with zero attached hydrogens (tertiary/aromatic N) is 1. The van der Waals surface area contributed by atoms with Crippen molar-refractivity contribution >= 4 is 29.8 Å². The number of hydrogen-bond donors (Lipinski definition) is 0. The Morgan fingerprint density at radius 2 is 1.00 bits per heavy atom. The molecular formula is C20H14NO4P. The van der Waals surface area contributed by atoms with Crippen LogP contribution < -0.4 is 10.6 Å². The first-order chi connectivity index (χ1) is 12.6. The minimum Gasteiger partial charge on any atom is -0.280 e. The van der Waals surface area contributed by atoms with Gasteiger partial charge in [0.1, 0.15) is 0 Å². The fourth-order valence-corrected chi connectivity index (χ4v) is 4.84. The van der Waals surface area contributed by atoms with Gasteiger partial charge in [0.25, 0.3) is 19.2 Å². The highest BCUT2D eigenvalue weighted by molar-refractivity contribution is 7.74. The summed E-state index contributed by atoms with van der Waals surface area (Å²) in [6.07, 6.45) is 0. The maximum Gasteiger partial charge on any atom is 0.286 e. The number of fused-ring (bicyclic) bond motifs is 1. The van der Waals surface area contributed by atoms with Crippen molar-refractivity contribution in [2.24, 2.45) is 0 Å². The number of amides is 2. The van der Waals surface area contributed by atoms with Gasteiger partial charge in [-0.1, -0.05) is 48.5 Å². The quantitative estimate of drug-likeness (QED) is 0.528. The first-order valence-corrected chi connectivity index (χ1v) is 9.62. The zero-order chi connectivity index (χ0) is 18.1. The molecule has 0 atom stereocenters. The molecule has 0 aromatic heterocycles. The van der Waals surface area contributed by atoms with Crippen LogP contribution in [-0.2, 0) is 9.19 Å². The first kappa shape index (κ1) is 16.5. The van der Waals surface area contributed by atoms with E-state index >= 15 is 0 Å². The van der Waals surface area contributed by atoms with Gasteiger partial charge in [0.05, 0.1) is 11.1 Å². The summed E-state index contributed by atoms with van der Waals surface area (Å²) in [4.78, 5) is 25.2. The van der Waals surface area contributed by atoms with Crippen molar-refractivity contribution in [1.29, 1.82) is 0 Å². The molecule has 1 aliphatic heterocycles. The lowest BCUT2D eigenvalue weighted by Crippen LogP contribution is -2.33. The van der Waals surface area contributed by atoms with Crippen molar-refractivity contribution in [1.82, 2.24) is 5.06 Å². The molecule has 3 aromatic carbocycles. The van der Waals surface area contributed by atoms with Crippen molar-refractivity contribution < 1.29 is 18.8 Å². The van der Waals surface area contributed by atoms with E-state index in [-0.39, 0.29) is 11.1 Å². The molecule has 0 radical (unpaired) electrons. The van der Waals surface area contributed by atoms with Gasteiger partial charge in [-0.25, -0.2) is 0 Å². The Balaban J connectivity index is 1.80. The monoisotopic (exact) mass is 363 g/mol. The maximum atomic E-state index is 13.8. The second-order valence-corrected chi connectivity index (χ2v) is 8.05. The Morgan fingerprint density at radius 1 is 0.615 bits per heavy atom. The second-order valence-electron chi connectivity index (χ2n) is 5.75. The van der Waals surface area contributed by atoms with Gasteiger partial charge in [-0.3, -0.25) is 14.2 Å². The van der Waals surface area contributed by atoms with Crippen LogP contribution >= 0.6 is 7.37 Å². The molecule has 0 saturated heterocycles. The molecule has 6 heteroatoms. The van der Waals surface area contributed by atoms with E-state index in [1.807, 2.05) is 0 Å². The molecule has 3 aromatic rings. The SMILES string of the molecule is O=C1c2ccccc2C(=O)N1OP(=O)(c1ccccc1)c1ccccc1. The molecular weight excluding hydrogens is 349 g/mol. The van der Waals surface area contributed by atoms with Gasteiger partial charge in [-0.2, -0.15) is 4.62 Å². The van der Waals surface area contributed by atoms with Gasteiger partial charge in [-0.05, 0) is 36.4 Å². The number of benzene rings is 3. The van der Waals surface area contributed by atoms with Crippen LogP contribution in [-0.4, -0.2) is 16.9 Å². The maximum absolute atomic E-state index is 13.8. The number of imide groups is 1. The third-order valence-corrected chi connectivity index (χ3v) is 6.49. The number of carbonyl (C=O) groups excluding carboxylic acids is 2. The molecule has 1 aliphatic rings. The first-order valence-electron chi connectivity index (χ1n) is 8.00. The average molecular weight is 363 g/mol. The second kappa shape index (κ2) is 6.37. The Hall–Kier alpha value is -3.01. The average Bonchev–Trinajstić information content (AvgIpc) is 2.94. The van der Waals surface area contributed by atoms with Gasteiger partial charge < -0.3 is 0 Å². The molecule has 0 N–H and O–H groups in total. The van der Waals surface area contributed by atoms with Crippen LogP contribution in [0.3, 0.4) is 0 Å².